The van der Waals surface area contributed by atoms with Crippen molar-refractivity contribution in [3.05, 3.63) is 66.7 Å². The fraction of sp³-hybridized carbons (Fsp3) is 0.250. The fourth-order valence-electron chi connectivity index (χ4n) is 4.05. The third kappa shape index (κ3) is 2.42. The van der Waals surface area contributed by atoms with Crippen molar-refractivity contribution in [2.75, 3.05) is 0 Å². The van der Waals surface area contributed by atoms with Crippen LogP contribution in [0, 0.1) is 0 Å². The van der Waals surface area contributed by atoms with Gasteiger partial charge in [-0.05, 0) is 65.5 Å². The van der Waals surface area contributed by atoms with Gasteiger partial charge in [0.1, 0.15) is 0 Å². The average molecular weight is 354 g/mol. The lowest BCUT2D eigenvalue weighted by Crippen LogP contribution is -2.41. The molecule has 0 radical (unpaired) electrons. The van der Waals surface area contributed by atoms with E-state index in [1.165, 1.54) is 32.3 Å². The summed E-state index contributed by atoms with van der Waals surface area (Å²) in [5.74, 6) is 0. The summed E-state index contributed by atoms with van der Waals surface area (Å²) in [6.07, 6.45) is 0. The van der Waals surface area contributed by atoms with Gasteiger partial charge in [-0.3, -0.25) is 0 Å². The molecular weight excluding hydrogens is 331 g/mol. The molecular formula is C24H23BO2. The number of fused-ring (bicyclic) bond motifs is 6. The Balaban J connectivity index is 1.78. The van der Waals surface area contributed by atoms with E-state index in [0.29, 0.717) is 0 Å². The van der Waals surface area contributed by atoms with Crippen LogP contribution in [0.5, 0.6) is 0 Å². The molecule has 1 fully saturated rings. The van der Waals surface area contributed by atoms with Crippen molar-refractivity contribution < 1.29 is 9.31 Å². The molecule has 134 valence electrons. The Bertz CT molecular complexity index is 1140. The van der Waals surface area contributed by atoms with Crippen molar-refractivity contribution in [3.8, 4) is 0 Å². The summed E-state index contributed by atoms with van der Waals surface area (Å²) in [6, 6.07) is 23.9. The van der Waals surface area contributed by atoms with Crippen LogP contribution in [0.15, 0.2) is 66.7 Å². The van der Waals surface area contributed by atoms with E-state index in [2.05, 4.69) is 94.4 Å². The van der Waals surface area contributed by atoms with Gasteiger partial charge in [0, 0.05) is 0 Å². The normalized spacial score (nSPS) is 18.6. The van der Waals surface area contributed by atoms with Crippen molar-refractivity contribution in [3.63, 3.8) is 0 Å². The van der Waals surface area contributed by atoms with Crippen molar-refractivity contribution in [2.45, 2.75) is 38.9 Å². The van der Waals surface area contributed by atoms with Crippen molar-refractivity contribution >= 4 is 44.9 Å². The molecule has 1 aliphatic rings. The Kier molecular flexibility index (Phi) is 3.47. The molecule has 5 rings (SSSR count). The second-order valence-electron chi connectivity index (χ2n) is 8.48. The van der Waals surface area contributed by atoms with Gasteiger partial charge in [-0.2, -0.15) is 0 Å². The number of rotatable bonds is 1. The predicted molar refractivity (Wildman–Crippen MR) is 115 cm³/mol. The van der Waals surface area contributed by atoms with Crippen LogP contribution < -0.4 is 5.46 Å². The van der Waals surface area contributed by atoms with E-state index in [1.54, 1.807) is 0 Å². The molecule has 2 nitrogen and oxygen atoms in total. The number of hydrogen-bond donors (Lipinski definition) is 0. The fourth-order valence-corrected chi connectivity index (χ4v) is 4.05. The number of hydrogen-bond acceptors (Lipinski definition) is 2. The zero-order chi connectivity index (χ0) is 18.8. The van der Waals surface area contributed by atoms with Crippen molar-refractivity contribution in [2.24, 2.45) is 0 Å². The van der Waals surface area contributed by atoms with E-state index in [-0.39, 0.29) is 18.3 Å². The smallest absolute Gasteiger partial charge is 0.399 e. The summed E-state index contributed by atoms with van der Waals surface area (Å²) in [4.78, 5) is 0. The second kappa shape index (κ2) is 5.57. The molecule has 27 heavy (non-hydrogen) atoms. The highest BCUT2D eigenvalue weighted by Gasteiger charge is 2.51. The zero-order valence-electron chi connectivity index (χ0n) is 16.2. The molecule has 3 heteroatoms. The highest BCUT2D eigenvalue weighted by Crippen LogP contribution is 2.38. The maximum atomic E-state index is 6.28. The maximum Gasteiger partial charge on any atom is 0.494 e. The predicted octanol–water partition coefficient (Wildman–Crippen LogP) is 5.45. The average Bonchev–Trinajstić information content (AvgIpc) is 2.89. The van der Waals surface area contributed by atoms with E-state index in [1.807, 2.05) is 0 Å². The largest absolute Gasteiger partial charge is 0.494 e. The quantitative estimate of drug-likeness (QED) is 0.334. The zero-order valence-corrected chi connectivity index (χ0v) is 16.2. The lowest BCUT2D eigenvalue weighted by atomic mass is 9.77. The summed E-state index contributed by atoms with van der Waals surface area (Å²) < 4.78 is 12.6. The molecule has 0 atom stereocenters. The molecule has 0 amide bonds. The van der Waals surface area contributed by atoms with Crippen molar-refractivity contribution in [1.29, 1.82) is 0 Å². The molecule has 4 aromatic rings. The Morgan fingerprint density at radius 1 is 0.556 bits per heavy atom. The Hall–Kier alpha value is -2.36. The van der Waals surface area contributed by atoms with Gasteiger partial charge in [0.05, 0.1) is 11.2 Å². The van der Waals surface area contributed by atoms with Crippen LogP contribution in [0.3, 0.4) is 0 Å². The molecule has 0 N–H and O–H groups in total. The Morgan fingerprint density at radius 2 is 0.963 bits per heavy atom. The summed E-state index contributed by atoms with van der Waals surface area (Å²) in [6.45, 7) is 8.38. The Labute approximate surface area is 160 Å². The monoisotopic (exact) mass is 354 g/mol. The lowest BCUT2D eigenvalue weighted by molar-refractivity contribution is 0.00578. The van der Waals surface area contributed by atoms with Crippen LogP contribution in [-0.2, 0) is 9.31 Å². The van der Waals surface area contributed by atoms with Gasteiger partial charge in [0.15, 0.2) is 0 Å². The molecule has 0 unspecified atom stereocenters. The topological polar surface area (TPSA) is 18.5 Å². The minimum Gasteiger partial charge on any atom is -0.399 e. The van der Waals surface area contributed by atoms with E-state index in [0.717, 1.165) is 5.46 Å². The van der Waals surface area contributed by atoms with Gasteiger partial charge in [0.25, 0.3) is 0 Å². The van der Waals surface area contributed by atoms with Gasteiger partial charge in [-0.25, -0.2) is 0 Å². The van der Waals surface area contributed by atoms with Gasteiger partial charge in [0.2, 0.25) is 0 Å². The van der Waals surface area contributed by atoms with E-state index >= 15 is 0 Å². The molecule has 1 heterocycles. The molecule has 0 bridgehead atoms. The first-order chi connectivity index (χ1) is 12.9. The van der Waals surface area contributed by atoms with Gasteiger partial charge in [-0.15, -0.1) is 0 Å². The van der Waals surface area contributed by atoms with E-state index in [9.17, 15) is 0 Å². The first-order valence-electron chi connectivity index (χ1n) is 9.56. The number of benzene rings is 4. The summed E-state index contributed by atoms with van der Waals surface area (Å²) in [7, 11) is -0.343. The van der Waals surface area contributed by atoms with Crippen LogP contribution in [0.2, 0.25) is 0 Å². The Morgan fingerprint density at radius 3 is 1.44 bits per heavy atom. The van der Waals surface area contributed by atoms with Crippen LogP contribution in [0.1, 0.15) is 27.7 Å². The van der Waals surface area contributed by atoms with Crippen LogP contribution in [0.25, 0.3) is 32.3 Å². The maximum absolute atomic E-state index is 6.28. The molecule has 1 saturated heterocycles. The highest BCUT2D eigenvalue weighted by molar-refractivity contribution is 6.62. The molecule has 0 aromatic heterocycles. The first-order valence-corrected chi connectivity index (χ1v) is 9.56. The second-order valence-corrected chi connectivity index (χ2v) is 8.48. The van der Waals surface area contributed by atoms with E-state index in [4.69, 9.17) is 9.31 Å². The van der Waals surface area contributed by atoms with Gasteiger partial charge < -0.3 is 9.31 Å². The minimum atomic E-state index is -0.343. The third-order valence-electron chi connectivity index (χ3n) is 6.29. The SMILES string of the molecule is CC1(C)OB(c2ccc3c4ccccc4c4ccccc4c3c2)OC1(C)C. The van der Waals surface area contributed by atoms with Gasteiger partial charge >= 0.3 is 7.12 Å². The molecule has 1 aliphatic heterocycles. The standard InChI is InChI=1S/C24H23BO2/c1-23(2)24(3,4)27-25(26-23)16-13-14-21-19-11-6-5-9-17(19)18-10-7-8-12-20(18)22(21)15-16/h5-15H,1-4H3. The summed E-state index contributed by atoms with van der Waals surface area (Å²) >= 11 is 0. The van der Waals surface area contributed by atoms with Gasteiger partial charge in [-0.1, -0.05) is 66.7 Å². The highest BCUT2D eigenvalue weighted by atomic mass is 16.7. The molecule has 0 spiro atoms. The van der Waals surface area contributed by atoms with Crippen molar-refractivity contribution in [1.82, 2.24) is 0 Å². The van der Waals surface area contributed by atoms with Crippen LogP contribution in [0.4, 0.5) is 0 Å². The lowest BCUT2D eigenvalue weighted by Gasteiger charge is -2.32. The van der Waals surface area contributed by atoms with Crippen LogP contribution >= 0.6 is 0 Å². The first kappa shape index (κ1) is 16.8. The summed E-state index contributed by atoms with van der Waals surface area (Å²) in [5.41, 5.74) is 0.400. The minimum absolute atomic E-state index is 0.335. The summed E-state index contributed by atoms with van der Waals surface area (Å²) in [5, 5.41) is 7.65. The molecule has 0 saturated carbocycles. The molecule has 4 aromatic carbocycles. The van der Waals surface area contributed by atoms with Crippen LogP contribution in [-0.4, -0.2) is 18.3 Å². The molecule has 0 aliphatic carbocycles. The van der Waals surface area contributed by atoms with E-state index < -0.39 is 0 Å². The third-order valence-corrected chi connectivity index (χ3v) is 6.29.